The molecule has 1 saturated heterocycles. The fourth-order valence-corrected chi connectivity index (χ4v) is 2.01. The molecule has 2 unspecified atom stereocenters. The fraction of sp³-hybridized carbons (Fsp3) is 0.600. The van der Waals surface area contributed by atoms with E-state index in [1.807, 2.05) is 13.1 Å². The summed E-state index contributed by atoms with van der Waals surface area (Å²) in [5.74, 6) is 6.56. The van der Waals surface area contributed by atoms with E-state index in [4.69, 9.17) is 10.6 Å². The summed E-state index contributed by atoms with van der Waals surface area (Å²) >= 11 is 0. The van der Waals surface area contributed by atoms with Gasteiger partial charge in [0.15, 0.2) is 0 Å². The van der Waals surface area contributed by atoms with Crippen LogP contribution < -0.4 is 16.2 Å². The van der Waals surface area contributed by atoms with Gasteiger partial charge in [0.1, 0.15) is 5.82 Å². The maximum atomic E-state index is 5.54. The molecule has 0 saturated carbocycles. The monoisotopic (exact) mass is 223 g/mol. The number of ether oxygens (including phenoxy) is 1. The molecular weight excluding hydrogens is 206 g/mol. The van der Waals surface area contributed by atoms with Gasteiger partial charge in [0.05, 0.1) is 12.1 Å². The summed E-state index contributed by atoms with van der Waals surface area (Å²) in [6.45, 7) is 2.89. The minimum Gasteiger partial charge on any atom is -0.376 e. The predicted molar refractivity (Wildman–Crippen MR) is 62.1 cm³/mol. The normalized spacial score (nSPS) is 24.4. The zero-order chi connectivity index (χ0) is 11.5. The topological polar surface area (TPSA) is 76.3 Å². The van der Waals surface area contributed by atoms with Crippen LogP contribution in [0.5, 0.6) is 0 Å². The zero-order valence-electron chi connectivity index (χ0n) is 9.55. The maximum absolute atomic E-state index is 5.54. The van der Waals surface area contributed by atoms with Crippen LogP contribution in [0.2, 0.25) is 0 Å². The Morgan fingerprint density at radius 2 is 2.44 bits per heavy atom. The number of aromatic nitrogens is 2. The number of hydrogen-bond acceptors (Lipinski definition) is 6. The molecule has 1 aliphatic heterocycles. The van der Waals surface area contributed by atoms with Crippen LogP contribution in [0.15, 0.2) is 12.3 Å². The van der Waals surface area contributed by atoms with E-state index in [9.17, 15) is 0 Å². The summed E-state index contributed by atoms with van der Waals surface area (Å²) in [6, 6.07) is 2.23. The zero-order valence-corrected chi connectivity index (χ0v) is 9.55. The van der Waals surface area contributed by atoms with E-state index in [0.717, 1.165) is 18.8 Å². The van der Waals surface area contributed by atoms with E-state index in [2.05, 4.69) is 27.2 Å². The highest BCUT2D eigenvalue weighted by Crippen LogP contribution is 2.22. The lowest BCUT2D eigenvalue weighted by molar-refractivity contribution is 0.118. The molecule has 0 amide bonds. The van der Waals surface area contributed by atoms with E-state index in [0.29, 0.717) is 12.0 Å². The lowest BCUT2D eigenvalue weighted by Crippen LogP contribution is -2.37. The number of hydrogen-bond donors (Lipinski definition) is 2. The average molecular weight is 223 g/mol. The van der Waals surface area contributed by atoms with Gasteiger partial charge in [0, 0.05) is 19.9 Å². The van der Waals surface area contributed by atoms with Crippen LogP contribution >= 0.6 is 0 Å². The highest BCUT2D eigenvalue weighted by atomic mass is 16.5. The van der Waals surface area contributed by atoms with Crippen LogP contribution in [0, 0.1) is 0 Å². The van der Waals surface area contributed by atoms with Crippen molar-refractivity contribution in [3.8, 4) is 0 Å². The van der Waals surface area contributed by atoms with Crippen molar-refractivity contribution < 1.29 is 4.74 Å². The Balaban J connectivity index is 2.16. The number of hydrazine groups is 1. The SMILES string of the molecule is CC1OCCC1N(C)c1ccnc(NN)n1. The molecule has 0 spiro atoms. The standard InChI is InChI=1S/C10H17N5O/c1-7-8(4-6-16-7)15(2)9-3-5-12-10(13-9)14-11/h3,5,7-8H,4,6,11H2,1-2H3,(H,12,13,14). The molecule has 6 nitrogen and oxygen atoms in total. The molecule has 1 aromatic heterocycles. The third kappa shape index (κ3) is 2.07. The molecule has 88 valence electrons. The minimum atomic E-state index is 0.231. The first-order chi connectivity index (χ1) is 7.72. The first kappa shape index (κ1) is 11.1. The Morgan fingerprint density at radius 1 is 1.62 bits per heavy atom. The molecule has 16 heavy (non-hydrogen) atoms. The average Bonchev–Trinajstić information content (AvgIpc) is 2.74. The molecule has 0 aromatic carbocycles. The first-order valence-electron chi connectivity index (χ1n) is 5.36. The molecule has 6 heteroatoms. The van der Waals surface area contributed by atoms with E-state index in [1.165, 1.54) is 0 Å². The number of likely N-dealkylation sites (N-methyl/N-ethyl adjacent to an activating group) is 1. The minimum absolute atomic E-state index is 0.231. The molecule has 2 rings (SSSR count). The fourth-order valence-electron chi connectivity index (χ4n) is 2.01. The second kappa shape index (κ2) is 4.63. The van der Waals surface area contributed by atoms with Gasteiger partial charge < -0.3 is 9.64 Å². The van der Waals surface area contributed by atoms with E-state index >= 15 is 0 Å². The summed E-state index contributed by atoms with van der Waals surface area (Å²) in [5.41, 5.74) is 2.44. The Labute approximate surface area is 94.8 Å². The number of nitrogens with two attached hydrogens (primary N) is 1. The number of nitrogen functional groups attached to an aromatic ring is 1. The molecule has 3 N–H and O–H groups in total. The van der Waals surface area contributed by atoms with Gasteiger partial charge in [-0.1, -0.05) is 0 Å². The van der Waals surface area contributed by atoms with E-state index < -0.39 is 0 Å². The van der Waals surface area contributed by atoms with Crippen molar-refractivity contribution in [1.82, 2.24) is 9.97 Å². The highest BCUT2D eigenvalue weighted by molar-refractivity contribution is 5.42. The van der Waals surface area contributed by atoms with E-state index in [-0.39, 0.29) is 6.10 Å². The smallest absolute Gasteiger partial charge is 0.239 e. The van der Waals surface area contributed by atoms with Crippen molar-refractivity contribution in [3.05, 3.63) is 12.3 Å². The summed E-state index contributed by atoms with van der Waals surface area (Å²) in [6.07, 6.45) is 2.94. The second-order valence-electron chi connectivity index (χ2n) is 3.93. The van der Waals surface area contributed by atoms with Crippen molar-refractivity contribution in [2.24, 2.45) is 5.84 Å². The Kier molecular flexibility index (Phi) is 3.21. The predicted octanol–water partition coefficient (Wildman–Crippen LogP) is 0.376. The van der Waals surface area contributed by atoms with Gasteiger partial charge in [-0.15, -0.1) is 0 Å². The number of nitrogens with zero attached hydrogens (tertiary/aromatic N) is 3. The van der Waals surface area contributed by atoms with Gasteiger partial charge >= 0.3 is 0 Å². The molecule has 0 bridgehead atoms. The molecule has 2 atom stereocenters. The second-order valence-corrected chi connectivity index (χ2v) is 3.93. The maximum Gasteiger partial charge on any atom is 0.239 e. The summed E-state index contributed by atoms with van der Waals surface area (Å²) in [5, 5.41) is 0. The van der Waals surface area contributed by atoms with Crippen LogP contribution in [-0.2, 0) is 4.74 Å². The first-order valence-corrected chi connectivity index (χ1v) is 5.36. The molecule has 0 radical (unpaired) electrons. The molecule has 1 aliphatic rings. The molecular formula is C10H17N5O. The van der Waals surface area contributed by atoms with E-state index in [1.54, 1.807) is 6.20 Å². The van der Waals surface area contributed by atoms with Crippen molar-refractivity contribution in [2.75, 3.05) is 24.0 Å². The van der Waals surface area contributed by atoms with Gasteiger partial charge in [0.25, 0.3) is 0 Å². The summed E-state index contributed by atoms with van der Waals surface area (Å²) in [7, 11) is 2.01. The Hall–Kier alpha value is -1.40. The Bertz CT molecular complexity index is 359. The van der Waals surface area contributed by atoms with Crippen LogP contribution in [0.4, 0.5) is 11.8 Å². The summed E-state index contributed by atoms with van der Waals surface area (Å²) in [4.78, 5) is 10.4. The largest absolute Gasteiger partial charge is 0.376 e. The Morgan fingerprint density at radius 3 is 3.06 bits per heavy atom. The molecule has 1 aromatic rings. The molecule has 0 aliphatic carbocycles. The van der Waals surface area contributed by atoms with Gasteiger partial charge in [0.2, 0.25) is 5.95 Å². The lowest BCUT2D eigenvalue weighted by Gasteiger charge is -2.27. The van der Waals surface area contributed by atoms with Gasteiger partial charge in [-0.2, -0.15) is 4.98 Å². The van der Waals surface area contributed by atoms with Crippen molar-refractivity contribution >= 4 is 11.8 Å². The third-order valence-electron chi connectivity index (χ3n) is 2.97. The van der Waals surface area contributed by atoms with Crippen molar-refractivity contribution in [2.45, 2.75) is 25.5 Å². The van der Waals surface area contributed by atoms with Crippen molar-refractivity contribution in [1.29, 1.82) is 0 Å². The third-order valence-corrected chi connectivity index (χ3v) is 2.97. The summed E-state index contributed by atoms with van der Waals surface area (Å²) < 4.78 is 5.54. The van der Waals surface area contributed by atoms with Crippen molar-refractivity contribution in [3.63, 3.8) is 0 Å². The quantitative estimate of drug-likeness (QED) is 0.570. The molecule has 2 heterocycles. The number of rotatable bonds is 3. The number of anilines is 2. The van der Waals surface area contributed by atoms with Crippen LogP contribution in [0.3, 0.4) is 0 Å². The van der Waals surface area contributed by atoms with Gasteiger partial charge in [-0.05, 0) is 19.4 Å². The number of nitrogens with one attached hydrogen (secondary N) is 1. The lowest BCUT2D eigenvalue weighted by atomic mass is 10.1. The highest BCUT2D eigenvalue weighted by Gasteiger charge is 2.28. The van der Waals surface area contributed by atoms with Gasteiger partial charge in [-0.3, -0.25) is 5.43 Å². The van der Waals surface area contributed by atoms with Crippen LogP contribution in [-0.4, -0.2) is 35.8 Å². The molecule has 1 fully saturated rings. The van der Waals surface area contributed by atoms with Crippen LogP contribution in [0.25, 0.3) is 0 Å². The van der Waals surface area contributed by atoms with Crippen LogP contribution in [0.1, 0.15) is 13.3 Å². The van der Waals surface area contributed by atoms with Gasteiger partial charge in [-0.25, -0.2) is 10.8 Å².